The molecule has 1 aromatic carbocycles. The summed E-state index contributed by atoms with van der Waals surface area (Å²) >= 11 is 0. The van der Waals surface area contributed by atoms with Crippen LogP contribution in [0.4, 0.5) is 5.69 Å². The van der Waals surface area contributed by atoms with Gasteiger partial charge in [0.2, 0.25) is 11.8 Å². The summed E-state index contributed by atoms with van der Waals surface area (Å²) in [6.45, 7) is 3.42. The van der Waals surface area contributed by atoms with Crippen LogP contribution in [0.3, 0.4) is 0 Å². The van der Waals surface area contributed by atoms with Crippen molar-refractivity contribution in [3.63, 3.8) is 0 Å². The highest BCUT2D eigenvalue weighted by Crippen LogP contribution is 2.61. The van der Waals surface area contributed by atoms with Crippen LogP contribution >= 0.6 is 0 Å². The zero-order valence-corrected chi connectivity index (χ0v) is 18.4. The number of anilines is 1. The Labute approximate surface area is 181 Å². The molecule has 2 N–H and O–H groups in total. The molecule has 0 saturated heterocycles. The molecule has 1 aromatic heterocycles. The van der Waals surface area contributed by atoms with Crippen molar-refractivity contribution in [3.8, 4) is 5.69 Å². The van der Waals surface area contributed by atoms with Gasteiger partial charge in [0.15, 0.2) is 0 Å². The van der Waals surface area contributed by atoms with Crippen LogP contribution in [-0.2, 0) is 16.6 Å². The number of carbonyl (C=O) groups is 2. The number of hydrogen-bond acceptors (Lipinski definition) is 3. The Bertz CT molecular complexity index is 1100. The van der Waals surface area contributed by atoms with Gasteiger partial charge < -0.3 is 10.6 Å². The molecule has 4 aliphatic rings. The van der Waals surface area contributed by atoms with E-state index in [-0.39, 0.29) is 22.9 Å². The molecule has 2 aromatic rings. The molecule has 7 nitrogen and oxygen atoms in total. The van der Waals surface area contributed by atoms with Crippen LogP contribution in [0.25, 0.3) is 5.69 Å². The van der Waals surface area contributed by atoms with E-state index in [0.29, 0.717) is 23.9 Å². The number of nitrogens with one attached hydrogen (secondary N) is 2. The van der Waals surface area contributed by atoms with Crippen LogP contribution in [0, 0.1) is 24.2 Å². The number of amides is 2. The highest BCUT2D eigenvalue weighted by atomic mass is 16.2. The minimum Gasteiger partial charge on any atom is -0.351 e. The SMILES string of the molecule is CC(=O)NC12C[C@H]3C[C@H](C1)CC(C(=O)Nc1c(C)n(C)n(-c4ccccc4)c1=O)(C3)C2. The van der Waals surface area contributed by atoms with E-state index in [9.17, 15) is 14.4 Å². The first-order valence-electron chi connectivity index (χ1n) is 11.2. The molecule has 0 spiro atoms. The highest BCUT2D eigenvalue weighted by molar-refractivity contribution is 5.96. The van der Waals surface area contributed by atoms with Crippen LogP contribution in [0.1, 0.15) is 51.1 Å². The van der Waals surface area contributed by atoms with Gasteiger partial charge in [-0.15, -0.1) is 0 Å². The molecule has 4 bridgehead atoms. The summed E-state index contributed by atoms with van der Waals surface area (Å²) in [6.07, 6.45) is 5.41. The Morgan fingerprint density at radius 3 is 2.32 bits per heavy atom. The quantitative estimate of drug-likeness (QED) is 0.795. The molecule has 2 amide bonds. The zero-order chi connectivity index (χ0) is 22.0. The third kappa shape index (κ3) is 3.13. The summed E-state index contributed by atoms with van der Waals surface area (Å²) in [5, 5.41) is 6.23. The third-order valence-electron chi connectivity index (χ3n) is 7.78. The van der Waals surface area contributed by atoms with Crippen molar-refractivity contribution in [2.45, 2.75) is 57.9 Å². The third-order valence-corrected chi connectivity index (χ3v) is 7.78. The second-order valence-electron chi connectivity index (χ2n) is 10.1. The molecule has 4 saturated carbocycles. The first kappa shape index (κ1) is 20.1. The minimum absolute atomic E-state index is 0.0258. The lowest BCUT2D eigenvalue weighted by Crippen LogP contribution is -2.65. The molecule has 6 rings (SSSR count). The summed E-state index contributed by atoms with van der Waals surface area (Å²) in [5.74, 6) is 0.817. The summed E-state index contributed by atoms with van der Waals surface area (Å²) in [5.41, 5.74) is 0.824. The van der Waals surface area contributed by atoms with Crippen LogP contribution in [0.15, 0.2) is 35.1 Å². The average Bonchev–Trinajstić information content (AvgIpc) is 2.90. The number of carbonyl (C=O) groups excluding carboxylic acids is 2. The van der Waals surface area contributed by atoms with Crippen LogP contribution in [0.2, 0.25) is 0 Å². The Morgan fingerprint density at radius 1 is 1.06 bits per heavy atom. The van der Waals surface area contributed by atoms with E-state index >= 15 is 0 Å². The van der Waals surface area contributed by atoms with Crippen molar-refractivity contribution in [2.75, 3.05) is 5.32 Å². The van der Waals surface area contributed by atoms with Crippen LogP contribution in [0.5, 0.6) is 0 Å². The molecule has 7 heteroatoms. The lowest BCUT2D eigenvalue weighted by molar-refractivity contribution is -0.148. The van der Waals surface area contributed by atoms with Crippen molar-refractivity contribution >= 4 is 17.5 Å². The summed E-state index contributed by atoms with van der Waals surface area (Å²) in [7, 11) is 1.83. The van der Waals surface area contributed by atoms with Gasteiger partial charge in [0.1, 0.15) is 5.69 Å². The molecule has 1 heterocycles. The molecular formula is C24H30N4O3. The van der Waals surface area contributed by atoms with Gasteiger partial charge in [-0.2, -0.15) is 0 Å². The van der Waals surface area contributed by atoms with Gasteiger partial charge in [-0.05, 0) is 69.4 Å². The van der Waals surface area contributed by atoms with Gasteiger partial charge in [0.05, 0.1) is 16.8 Å². The zero-order valence-electron chi connectivity index (χ0n) is 18.4. The van der Waals surface area contributed by atoms with Gasteiger partial charge in [0.25, 0.3) is 5.56 Å². The maximum Gasteiger partial charge on any atom is 0.295 e. The van der Waals surface area contributed by atoms with E-state index in [4.69, 9.17) is 0 Å². The Kier molecular flexibility index (Phi) is 4.43. The Morgan fingerprint density at radius 2 is 1.71 bits per heavy atom. The second-order valence-corrected chi connectivity index (χ2v) is 10.1. The normalized spacial score (nSPS) is 30.9. The predicted octanol–water partition coefficient (Wildman–Crippen LogP) is 2.90. The standard InChI is InChI=1S/C24H30N4O3/c1-15-20(21(30)28(27(15)3)19-7-5-4-6-8-19)25-22(31)23-10-17-9-18(11-23)13-24(12-17,14-23)26-16(2)29/h4-8,17-18H,9-14H2,1-3H3,(H,25,31)(H,26,29)/t17-,18-,23?,24?/m0/s1. The number of nitrogens with zero attached hydrogens (tertiary/aromatic N) is 2. The maximum atomic E-state index is 13.7. The van der Waals surface area contributed by atoms with Crippen LogP contribution in [-0.4, -0.2) is 26.7 Å². The molecular weight excluding hydrogens is 392 g/mol. The fourth-order valence-electron chi connectivity index (χ4n) is 7.01. The average molecular weight is 423 g/mol. The number of hydrogen-bond donors (Lipinski definition) is 2. The first-order valence-corrected chi connectivity index (χ1v) is 11.2. The number of para-hydroxylation sites is 1. The highest BCUT2D eigenvalue weighted by Gasteiger charge is 2.61. The fourth-order valence-corrected chi connectivity index (χ4v) is 7.01. The molecule has 0 radical (unpaired) electrons. The van der Waals surface area contributed by atoms with Gasteiger partial charge >= 0.3 is 0 Å². The topological polar surface area (TPSA) is 85.1 Å². The number of rotatable bonds is 4. The van der Waals surface area contributed by atoms with E-state index in [1.807, 2.05) is 44.3 Å². The van der Waals surface area contributed by atoms with E-state index in [1.54, 1.807) is 16.3 Å². The van der Waals surface area contributed by atoms with Gasteiger partial charge in [-0.3, -0.25) is 19.1 Å². The second kappa shape index (κ2) is 6.84. The van der Waals surface area contributed by atoms with Crippen molar-refractivity contribution in [1.29, 1.82) is 0 Å². The lowest BCUT2D eigenvalue weighted by atomic mass is 9.46. The number of aromatic nitrogens is 2. The molecule has 2 atom stereocenters. The van der Waals surface area contributed by atoms with Crippen LogP contribution < -0.4 is 16.2 Å². The lowest BCUT2D eigenvalue weighted by Gasteiger charge is -2.61. The van der Waals surface area contributed by atoms with Gasteiger partial charge in [-0.1, -0.05) is 18.2 Å². The Hall–Kier alpha value is -2.83. The summed E-state index contributed by atoms with van der Waals surface area (Å²) < 4.78 is 3.37. The molecule has 0 aliphatic heterocycles. The van der Waals surface area contributed by atoms with Crippen molar-refractivity contribution in [1.82, 2.24) is 14.7 Å². The fraction of sp³-hybridized carbons (Fsp3) is 0.542. The summed E-state index contributed by atoms with van der Waals surface area (Å²) in [6, 6.07) is 9.44. The molecule has 31 heavy (non-hydrogen) atoms. The van der Waals surface area contributed by atoms with Crippen molar-refractivity contribution < 1.29 is 9.59 Å². The van der Waals surface area contributed by atoms with Crippen molar-refractivity contribution in [3.05, 3.63) is 46.4 Å². The molecule has 4 fully saturated rings. The monoisotopic (exact) mass is 422 g/mol. The van der Waals surface area contributed by atoms with E-state index < -0.39 is 5.41 Å². The molecule has 0 unspecified atom stereocenters. The molecule has 164 valence electrons. The Balaban J connectivity index is 1.47. The summed E-state index contributed by atoms with van der Waals surface area (Å²) in [4.78, 5) is 38.8. The largest absolute Gasteiger partial charge is 0.351 e. The van der Waals surface area contributed by atoms with E-state index in [2.05, 4.69) is 10.6 Å². The molecule has 4 aliphatic carbocycles. The predicted molar refractivity (Wildman–Crippen MR) is 118 cm³/mol. The van der Waals surface area contributed by atoms with E-state index in [0.717, 1.165) is 43.5 Å². The number of benzene rings is 1. The first-order chi connectivity index (χ1) is 14.7. The smallest absolute Gasteiger partial charge is 0.295 e. The van der Waals surface area contributed by atoms with Crippen molar-refractivity contribution in [2.24, 2.45) is 24.3 Å². The van der Waals surface area contributed by atoms with Gasteiger partial charge in [-0.25, -0.2) is 4.68 Å². The van der Waals surface area contributed by atoms with Gasteiger partial charge in [0, 0.05) is 19.5 Å². The van der Waals surface area contributed by atoms with E-state index in [1.165, 1.54) is 0 Å². The minimum atomic E-state index is -0.515. The maximum absolute atomic E-state index is 13.7.